The van der Waals surface area contributed by atoms with Crippen molar-refractivity contribution in [3.63, 3.8) is 0 Å². The summed E-state index contributed by atoms with van der Waals surface area (Å²) in [5.74, 6) is 1.44. The number of primary amides is 1. The van der Waals surface area contributed by atoms with Gasteiger partial charge in [-0.2, -0.15) is 0 Å². The summed E-state index contributed by atoms with van der Waals surface area (Å²) in [5.41, 5.74) is 6.25. The predicted molar refractivity (Wildman–Crippen MR) is 83.4 cm³/mol. The molecule has 0 aliphatic carbocycles. The van der Waals surface area contributed by atoms with Crippen molar-refractivity contribution in [1.82, 2.24) is 5.32 Å². The van der Waals surface area contributed by atoms with Crippen molar-refractivity contribution < 1.29 is 14.3 Å². The summed E-state index contributed by atoms with van der Waals surface area (Å²) in [6.07, 6.45) is 0. The van der Waals surface area contributed by atoms with E-state index in [1.54, 1.807) is 14.0 Å². The molecule has 0 radical (unpaired) electrons. The maximum absolute atomic E-state index is 11.1. The van der Waals surface area contributed by atoms with Gasteiger partial charge >= 0.3 is 0 Å². The van der Waals surface area contributed by atoms with Crippen molar-refractivity contribution in [1.29, 1.82) is 0 Å². The van der Waals surface area contributed by atoms with Crippen LogP contribution < -0.4 is 20.5 Å². The largest absolute Gasteiger partial charge is 0.497 e. The number of nitrogens with one attached hydrogen (secondary N) is 1. The van der Waals surface area contributed by atoms with Gasteiger partial charge in [-0.15, -0.1) is 0 Å². The maximum atomic E-state index is 11.1. The first-order chi connectivity index (χ1) is 9.93. The van der Waals surface area contributed by atoms with Crippen LogP contribution in [0.3, 0.4) is 0 Å². The topological polar surface area (TPSA) is 73.6 Å². The molecule has 5 heteroatoms. The summed E-state index contributed by atoms with van der Waals surface area (Å²) in [5, 5.41) is 3.38. The van der Waals surface area contributed by atoms with E-state index in [9.17, 15) is 4.79 Å². The molecule has 0 heterocycles. The minimum atomic E-state index is -0.358. The molecule has 1 aromatic rings. The van der Waals surface area contributed by atoms with Gasteiger partial charge in [-0.05, 0) is 30.7 Å². The second kappa shape index (κ2) is 8.52. The van der Waals surface area contributed by atoms with Crippen LogP contribution in [-0.4, -0.2) is 26.2 Å². The van der Waals surface area contributed by atoms with Crippen LogP contribution in [0.15, 0.2) is 18.2 Å². The Morgan fingerprint density at radius 2 is 2.05 bits per heavy atom. The Balaban J connectivity index is 2.73. The minimum absolute atomic E-state index is 0.277. The number of carbonyl (C=O) groups excluding carboxylic acids is 1. The van der Waals surface area contributed by atoms with E-state index in [0.29, 0.717) is 12.5 Å². The second-order valence-electron chi connectivity index (χ2n) is 5.61. The van der Waals surface area contributed by atoms with E-state index >= 15 is 0 Å². The zero-order valence-electron chi connectivity index (χ0n) is 13.3. The average molecular weight is 294 g/mol. The molecular weight excluding hydrogens is 268 g/mol. The van der Waals surface area contributed by atoms with Crippen molar-refractivity contribution in [3.8, 4) is 11.5 Å². The zero-order valence-corrected chi connectivity index (χ0v) is 13.3. The number of methoxy groups -OCH3 is 1. The normalized spacial score (nSPS) is 12.2. The molecule has 0 aliphatic heterocycles. The summed E-state index contributed by atoms with van der Waals surface area (Å²) in [4.78, 5) is 11.1. The van der Waals surface area contributed by atoms with Gasteiger partial charge in [0, 0.05) is 12.1 Å². The summed E-state index contributed by atoms with van der Waals surface area (Å²) in [6, 6.07) is 5.65. The summed E-state index contributed by atoms with van der Waals surface area (Å²) >= 11 is 0. The third-order valence-corrected chi connectivity index (χ3v) is 3.11. The number of amides is 1. The van der Waals surface area contributed by atoms with E-state index in [0.717, 1.165) is 23.6 Å². The molecule has 0 spiro atoms. The smallest absolute Gasteiger partial charge is 0.223 e. The van der Waals surface area contributed by atoms with E-state index < -0.39 is 0 Å². The first-order valence-corrected chi connectivity index (χ1v) is 7.23. The van der Waals surface area contributed by atoms with Gasteiger partial charge < -0.3 is 20.5 Å². The second-order valence-corrected chi connectivity index (χ2v) is 5.61. The number of benzene rings is 1. The lowest BCUT2D eigenvalue weighted by Gasteiger charge is -2.16. The lowest BCUT2D eigenvalue weighted by atomic mass is 10.1. The molecule has 118 valence electrons. The number of rotatable bonds is 9. The first kappa shape index (κ1) is 17.3. The Hall–Kier alpha value is -1.75. The fraction of sp³-hybridized carbons (Fsp3) is 0.562. The van der Waals surface area contributed by atoms with Crippen molar-refractivity contribution in [2.45, 2.75) is 27.3 Å². The molecular formula is C16H26N2O3. The van der Waals surface area contributed by atoms with Crippen molar-refractivity contribution in [3.05, 3.63) is 23.8 Å². The molecule has 3 N–H and O–H groups in total. The van der Waals surface area contributed by atoms with E-state index in [2.05, 4.69) is 19.2 Å². The van der Waals surface area contributed by atoms with E-state index in [1.807, 2.05) is 18.2 Å². The number of carbonyl (C=O) groups is 1. The van der Waals surface area contributed by atoms with E-state index in [-0.39, 0.29) is 18.4 Å². The van der Waals surface area contributed by atoms with Crippen molar-refractivity contribution in [2.24, 2.45) is 17.6 Å². The third kappa shape index (κ3) is 6.04. The zero-order chi connectivity index (χ0) is 15.8. The summed E-state index contributed by atoms with van der Waals surface area (Å²) in [6.45, 7) is 7.96. The molecule has 0 saturated heterocycles. The molecule has 0 bridgehead atoms. The quantitative estimate of drug-likeness (QED) is 0.730. The van der Waals surface area contributed by atoms with Gasteiger partial charge in [0.15, 0.2) is 0 Å². The third-order valence-electron chi connectivity index (χ3n) is 3.11. The summed E-state index contributed by atoms with van der Waals surface area (Å²) < 4.78 is 11.0. The fourth-order valence-electron chi connectivity index (χ4n) is 1.75. The van der Waals surface area contributed by atoms with Crippen LogP contribution >= 0.6 is 0 Å². The molecule has 1 atom stereocenters. The van der Waals surface area contributed by atoms with E-state index in [1.165, 1.54) is 0 Å². The van der Waals surface area contributed by atoms with Crippen LogP contribution in [0.25, 0.3) is 0 Å². The number of ether oxygens (including phenoxy) is 2. The van der Waals surface area contributed by atoms with Crippen LogP contribution in [0.2, 0.25) is 0 Å². The average Bonchev–Trinajstić information content (AvgIpc) is 2.44. The van der Waals surface area contributed by atoms with E-state index in [4.69, 9.17) is 15.2 Å². The number of nitrogens with two attached hydrogens (primary N) is 1. The van der Waals surface area contributed by atoms with Gasteiger partial charge in [0.2, 0.25) is 5.91 Å². The monoisotopic (exact) mass is 294 g/mol. The van der Waals surface area contributed by atoms with Crippen LogP contribution in [0.1, 0.15) is 26.3 Å². The molecule has 1 rings (SSSR count). The van der Waals surface area contributed by atoms with Crippen molar-refractivity contribution in [2.75, 3.05) is 20.3 Å². The Morgan fingerprint density at radius 3 is 2.62 bits per heavy atom. The molecule has 0 saturated carbocycles. The molecule has 0 aliphatic rings. The van der Waals surface area contributed by atoms with Gasteiger partial charge in [-0.25, -0.2) is 0 Å². The lowest BCUT2D eigenvalue weighted by Crippen LogP contribution is -2.26. The number of hydrogen-bond donors (Lipinski definition) is 2. The van der Waals surface area contributed by atoms with Crippen LogP contribution in [0.4, 0.5) is 0 Å². The minimum Gasteiger partial charge on any atom is -0.497 e. The van der Waals surface area contributed by atoms with Crippen LogP contribution in [-0.2, 0) is 11.3 Å². The standard InChI is InChI=1S/C16H26N2O3/c1-11(2)8-18-9-13-7-14(20-4)5-6-15(13)21-10-12(3)16(17)19/h5-7,11-12,18H,8-10H2,1-4H3,(H2,17,19). The van der Waals surface area contributed by atoms with Gasteiger partial charge in [0.1, 0.15) is 11.5 Å². The van der Waals surface area contributed by atoms with Gasteiger partial charge in [-0.3, -0.25) is 4.79 Å². The highest BCUT2D eigenvalue weighted by atomic mass is 16.5. The first-order valence-electron chi connectivity index (χ1n) is 7.23. The van der Waals surface area contributed by atoms with Gasteiger partial charge in [-0.1, -0.05) is 20.8 Å². The predicted octanol–water partition coefficient (Wildman–Crippen LogP) is 1.94. The van der Waals surface area contributed by atoms with Gasteiger partial charge in [0.05, 0.1) is 19.6 Å². The van der Waals surface area contributed by atoms with Crippen LogP contribution in [0.5, 0.6) is 11.5 Å². The molecule has 1 unspecified atom stereocenters. The Bertz CT molecular complexity index is 461. The highest BCUT2D eigenvalue weighted by molar-refractivity contribution is 5.76. The molecule has 0 fully saturated rings. The Labute approximate surface area is 126 Å². The molecule has 21 heavy (non-hydrogen) atoms. The van der Waals surface area contributed by atoms with Crippen LogP contribution in [0, 0.1) is 11.8 Å². The highest BCUT2D eigenvalue weighted by Gasteiger charge is 2.12. The molecule has 0 aromatic heterocycles. The molecule has 1 amide bonds. The molecule has 1 aromatic carbocycles. The fourth-order valence-corrected chi connectivity index (χ4v) is 1.75. The highest BCUT2D eigenvalue weighted by Crippen LogP contribution is 2.24. The Morgan fingerprint density at radius 1 is 1.33 bits per heavy atom. The van der Waals surface area contributed by atoms with Gasteiger partial charge in [0.25, 0.3) is 0 Å². The molecule has 5 nitrogen and oxygen atoms in total. The maximum Gasteiger partial charge on any atom is 0.223 e. The summed E-state index contributed by atoms with van der Waals surface area (Å²) in [7, 11) is 1.64. The number of hydrogen-bond acceptors (Lipinski definition) is 4. The Kier molecular flexibility index (Phi) is 7.02. The van der Waals surface area contributed by atoms with Crippen molar-refractivity contribution >= 4 is 5.91 Å². The lowest BCUT2D eigenvalue weighted by molar-refractivity contribution is -0.122. The SMILES string of the molecule is COc1ccc(OCC(C)C(N)=O)c(CNCC(C)C)c1.